The van der Waals surface area contributed by atoms with Crippen molar-refractivity contribution in [3.63, 3.8) is 0 Å². The van der Waals surface area contributed by atoms with Gasteiger partial charge in [-0.15, -0.1) is 0 Å². The molecule has 0 radical (unpaired) electrons. The Bertz CT molecular complexity index is 363. The lowest BCUT2D eigenvalue weighted by Gasteiger charge is -2.29. The molecule has 1 aliphatic heterocycles. The van der Waals surface area contributed by atoms with Crippen LogP contribution in [0.15, 0.2) is 12.0 Å². The Kier molecular flexibility index (Phi) is 5.94. The SMILES string of the molecule is CC(=O)CCCC(=O)OC1=CC(O)C(O)C(CO)O1. The van der Waals surface area contributed by atoms with E-state index >= 15 is 0 Å². The summed E-state index contributed by atoms with van der Waals surface area (Å²) in [4.78, 5) is 22.1. The highest BCUT2D eigenvalue weighted by molar-refractivity contribution is 5.76. The Morgan fingerprint density at radius 2 is 2.05 bits per heavy atom. The zero-order valence-electron chi connectivity index (χ0n) is 10.6. The lowest BCUT2D eigenvalue weighted by molar-refractivity contribution is -0.159. The van der Waals surface area contributed by atoms with Gasteiger partial charge in [-0.2, -0.15) is 0 Å². The molecule has 108 valence electrons. The van der Waals surface area contributed by atoms with Crippen LogP contribution in [-0.2, 0) is 19.1 Å². The van der Waals surface area contributed by atoms with E-state index in [1.807, 2.05) is 0 Å². The monoisotopic (exact) mass is 274 g/mol. The van der Waals surface area contributed by atoms with Gasteiger partial charge in [0.15, 0.2) is 6.10 Å². The first-order valence-electron chi connectivity index (χ1n) is 5.99. The number of hydrogen-bond donors (Lipinski definition) is 3. The number of ether oxygens (including phenoxy) is 2. The van der Waals surface area contributed by atoms with Crippen LogP contribution in [0.1, 0.15) is 26.2 Å². The molecule has 0 aromatic carbocycles. The third-order valence-corrected chi connectivity index (χ3v) is 2.61. The Hall–Kier alpha value is -1.44. The molecule has 7 nitrogen and oxygen atoms in total. The maximum Gasteiger partial charge on any atom is 0.313 e. The van der Waals surface area contributed by atoms with Gasteiger partial charge in [-0.25, -0.2) is 0 Å². The molecule has 0 saturated heterocycles. The topological polar surface area (TPSA) is 113 Å². The standard InChI is InChI=1S/C12H18O7/c1-7(14)3-2-4-10(16)19-11-5-8(15)12(17)9(6-13)18-11/h5,8-9,12-13,15,17H,2-4,6H2,1H3. The van der Waals surface area contributed by atoms with Gasteiger partial charge >= 0.3 is 5.97 Å². The van der Waals surface area contributed by atoms with Crippen molar-refractivity contribution in [3.8, 4) is 0 Å². The molecule has 7 heteroatoms. The van der Waals surface area contributed by atoms with E-state index in [-0.39, 0.29) is 24.6 Å². The molecule has 0 saturated carbocycles. The lowest BCUT2D eigenvalue weighted by atomic mass is 10.1. The summed E-state index contributed by atoms with van der Waals surface area (Å²) in [6, 6.07) is 0. The molecule has 3 atom stereocenters. The minimum Gasteiger partial charge on any atom is -0.457 e. The highest BCUT2D eigenvalue weighted by Crippen LogP contribution is 2.19. The summed E-state index contributed by atoms with van der Waals surface area (Å²) >= 11 is 0. The van der Waals surface area contributed by atoms with Crippen molar-refractivity contribution in [1.29, 1.82) is 0 Å². The molecule has 19 heavy (non-hydrogen) atoms. The zero-order chi connectivity index (χ0) is 14.4. The molecular weight excluding hydrogens is 256 g/mol. The first-order valence-corrected chi connectivity index (χ1v) is 5.99. The fourth-order valence-corrected chi connectivity index (χ4v) is 1.56. The molecule has 0 aromatic rings. The first kappa shape index (κ1) is 15.6. The van der Waals surface area contributed by atoms with Crippen molar-refractivity contribution in [2.45, 2.75) is 44.5 Å². The Morgan fingerprint density at radius 1 is 1.37 bits per heavy atom. The summed E-state index contributed by atoms with van der Waals surface area (Å²) in [6.07, 6.45) is -1.83. The Morgan fingerprint density at radius 3 is 2.63 bits per heavy atom. The third-order valence-electron chi connectivity index (χ3n) is 2.61. The van der Waals surface area contributed by atoms with E-state index in [1.165, 1.54) is 6.92 Å². The summed E-state index contributed by atoms with van der Waals surface area (Å²) in [5.41, 5.74) is 0. The highest BCUT2D eigenvalue weighted by atomic mass is 16.7. The van der Waals surface area contributed by atoms with Crippen LogP contribution in [0.2, 0.25) is 0 Å². The average molecular weight is 274 g/mol. The van der Waals surface area contributed by atoms with E-state index in [4.69, 9.17) is 14.6 Å². The Balaban J connectivity index is 2.45. The van der Waals surface area contributed by atoms with E-state index in [0.717, 1.165) is 6.08 Å². The van der Waals surface area contributed by atoms with Crippen molar-refractivity contribution >= 4 is 11.8 Å². The summed E-state index contributed by atoms with van der Waals surface area (Å²) in [6.45, 7) is 0.916. The van der Waals surface area contributed by atoms with Crippen LogP contribution >= 0.6 is 0 Å². The number of hydrogen-bond acceptors (Lipinski definition) is 7. The molecule has 0 amide bonds. The van der Waals surface area contributed by atoms with E-state index in [0.29, 0.717) is 6.42 Å². The predicted octanol–water partition coefficient (Wildman–Crippen LogP) is -0.757. The summed E-state index contributed by atoms with van der Waals surface area (Å²) < 4.78 is 9.84. The number of rotatable bonds is 6. The van der Waals surface area contributed by atoms with Gasteiger partial charge in [0.05, 0.1) is 6.61 Å². The van der Waals surface area contributed by atoms with Crippen LogP contribution < -0.4 is 0 Å². The molecule has 3 unspecified atom stereocenters. The largest absolute Gasteiger partial charge is 0.457 e. The van der Waals surface area contributed by atoms with Crippen molar-refractivity contribution in [1.82, 2.24) is 0 Å². The maximum absolute atomic E-state index is 11.4. The summed E-state index contributed by atoms with van der Waals surface area (Å²) in [7, 11) is 0. The number of Topliss-reactive ketones (excluding diaryl/α,β-unsaturated/α-hetero) is 1. The van der Waals surface area contributed by atoms with Gasteiger partial charge in [-0.05, 0) is 13.3 Å². The minimum atomic E-state index is -1.27. The average Bonchev–Trinajstić information content (AvgIpc) is 2.33. The van der Waals surface area contributed by atoms with Crippen LogP contribution in [0.25, 0.3) is 0 Å². The van der Waals surface area contributed by atoms with Crippen molar-refractivity contribution < 1.29 is 34.4 Å². The normalized spacial score (nSPS) is 26.3. The van der Waals surface area contributed by atoms with Crippen LogP contribution in [-0.4, -0.2) is 52.0 Å². The quantitative estimate of drug-likeness (QED) is 0.546. The summed E-state index contributed by atoms with van der Waals surface area (Å²) in [5.74, 6) is -0.864. The lowest BCUT2D eigenvalue weighted by Crippen LogP contribution is -2.44. The number of ketones is 1. The van der Waals surface area contributed by atoms with Gasteiger partial charge in [0.25, 0.3) is 5.95 Å². The van der Waals surface area contributed by atoms with Gasteiger partial charge in [0.1, 0.15) is 18.0 Å². The molecule has 1 aliphatic rings. The van der Waals surface area contributed by atoms with Gasteiger partial charge in [-0.3, -0.25) is 4.79 Å². The van der Waals surface area contributed by atoms with Gasteiger partial charge in [0.2, 0.25) is 0 Å². The molecule has 1 rings (SSSR count). The second-order valence-electron chi connectivity index (χ2n) is 4.34. The number of esters is 1. The van der Waals surface area contributed by atoms with E-state index in [2.05, 4.69) is 0 Å². The number of carbonyl (C=O) groups excluding carboxylic acids is 2. The smallest absolute Gasteiger partial charge is 0.313 e. The van der Waals surface area contributed by atoms with Crippen molar-refractivity contribution in [2.75, 3.05) is 6.61 Å². The fourth-order valence-electron chi connectivity index (χ4n) is 1.56. The number of carbonyl (C=O) groups is 2. The molecule has 3 N–H and O–H groups in total. The molecule has 1 heterocycles. The second kappa shape index (κ2) is 7.22. The molecule has 0 aliphatic carbocycles. The molecule has 0 fully saturated rings. The second-order valence-corrected chi connectivity index (χ2v) is 4.34. The van der Waals surface area contributed by atoms with Gasteiger partial charge in [0, 0.05) is 18.9 Å². The molecule has 0 bridgehead atoms. The van der Waals surface area contributed by atoms with Crippen molar-refractivity contribution in [3.05, 3.63) is 12.0 Å². The molecular formula is C12H18O7. The molecule has 0 spiro atoms. The zero-order valence-corrected chi connectivity index (χ0v) is 10.6. The summed E-state index contributed by atoms with van der Waals surface area (Å²) in [5, 5.41) is 27.8. The Labute approximate surface area is 110 Å². The maximum atomic E-state index is 11.4. The van der Waals surface area contributed by atoms with Crippen molar-refractivity contribution in [2.24, 2.45) is 0 Å². The molecule has 0 aromatic heterocycles. The van der Waals surface area contributed by atoms with E-state index in [1.54, 1.807) is 0 Å². The first-order chi connectivity index (χ1) is 8.93. The minimum absolute atomic E-state index is 0.0141. The van der Waals surface area contributed by atoms with Crippen LogP contribution in [0.3, 0.4) is 0 Å². The van der Waals surface area contributed by atoms with E-state index < -0.39 is 30.9 Å². The van der Waals surface area contributed by atoms with Gasteiger partial charge < -0.3 is 29.6 Å². The van der Waals surface area contributed by atoms with E-state index in [9.17, 15) is 19.8 Å². The number of aliphatic hydroxyl groups excluding tert-OH is 3. The van der Waals surface area contributed by atoms with Crippen LogP contribution in [0.5, 0.6) is 0 Å². The van der Waals surface area contributed by atoms with Crippen LogP contribution in [0, 0.1) is 0 Å². The number of aliphatic hydroxyl groups is 3. The van der Waals surface area contributed by atoms with Gasteiger partial charge in [-0.1, -0.05) is 0 Å². The van der Waals surface area contributed by atoms with Crippen LogP contribution in [0.4, 0.5) is 0 Å². The third kappa shape index (κ3) is 4.98. The predicted molar refractivity (Wildman–Crippen MR) is 62.7 cm³/mol. The highest BCUT2D eigenvalue weighted by Gasteiger charge is 2.33. The fraction of sp³-hybridized carbons (Fsp3) is 0.667.